The number of nitrogens with one attached hydrogen (secondary N) is 2. The fraction of sp³-hybridized carbons (Fsp3) is 0.778. The molecule has 1 fully saturated rings. The van der Waals surface area contributed by atoms with E-state index in [9.17, 15) is 18.0 Å². The first-order chi connectivity index (χ1) is 8.35. The van der Waals surface area contributed by atoms with Crippen molar-refractivity contribution in [2.45, 2.75) is 6.92 Å². The van der Waals surface area contributed by atoms with Crippen molar-refractivity contribution in [2.75, 3.05) is 31.9 Å². The molecule has 1 aliphatic heterocycles. The first-order valence-corrected chi connectivity index (χ1v) is 7.24. The molecule has 0 aromatic rings. The fourth-order valence-electron chi connectivity index (χ4n) is 1.50. The lowest BCUT2D eigenvalue weighted by molar-refractivity contribution is -0.146. The van der Waals surface area contributed by atoms with Crippen molar-refractivity contribution in [1.29, 1.82) is 0 Å². The largest absolute Gasteiger partial charge is 0.481 e. The molecule has 3 N–H and O–H groups in total. The molecule has 104 valence electrons. The van der Waals surface area contributed by atoms with Crippen LogP contribution >= 0.6 is 0 Å². The smallest absolute Gasteiger partial charge is 0.317 e. The van der Waals surface area contributed by atoms with Crippen LogP contribution in [0.2, 0.25) is 0 Å². The van der Waals surface area contributed by atoms with E-state index in [1.165, 1.54) is 4.90 Å². The Kier molecular flexibility index (Phi) is 4.91. The second-order valence-electron chi connectivity index (χ2n) is 3.99. The predicted octanol–water partition coefficient (Wildman–Crippen LogP) is -1.35. The average Bonchev–Trinajstić information content (AvgIpc) is 2.13. The van der Waals surface area contributed by atoms with Crippen molar-refractivity contribution in [3.8, 4) is 0 Å². The minimum Gasteiger partial charge on any atom is -0.481 e. The number of carbonyl (C=O) groups excluding carboxylic acids is 1. The van der Waals surface area contributed by atoms with Crippen molar-refractivity contribution in [3.05, 3.63) is 0 Å². The molecule has 2 amide bonds. The van der Waals surface area contributed by atoms with Gasteiger partial charge in [0.1, 0.15) is 0 Å². The van der Waals surface area contributed by atoms with Crippen LogP contribution in [-0.2, 0) is 14.8 Å². The number of carboxylic acids is 1. The third-order valence-electron chi connectivity index (χ3n) is 2.53. The minimum atomic E-state index is -3.34. The van der Waals surface area contributed by atoms with Gasteiger partial charge in [0.15, 0.2) is 0 Å². The molecule has 0 bridgehead atoms. The number of aliphatic carboxylic acids is 1. The van der Waals surface area contributed by atoms with Gasteiger partial charge in [-0.25, -0.2) is 17.9 Å². The van der Waals surface area contributed by atoms with E-state index in [2.05, 4.69) is 10.0 Å². The zero-order chi connectivity index (χ0) is 13.8. The summed E-state index contributed by atoms with van der Waals surface area (Å²) in [5, 5.41) is 11.1. The van der Waals surface area contributed by atoms with Crippen molar-refractivity contribution >= 4 is 22.0 Å². The lowest BCUT2D eigenvalue weighted by Crippen LogP contribution is -2.56. The SMILES string of the molecule is CCNS(=O)(=O)CCNC(=O)N1CC(C(=O)O)C1. The molecule has 1 aliphatic rings. The van der Waals surface area contributed by atoms with Gasteiger partial charge < -0.3 is 15.3 Å². The number of sulfonamides is 1. The Morgan fingerprint density at radius 3 is 2.50 bits per heavy atom. The van der Waals surface area contributed by atoms with Crippen LogP contribution in [0.15, 0.2) is 0 Å². The van der Waals surface area contributed by atoms with Crippen LogP contribution in [0, 0.1) is 5.92 Å². The molecule has 18 heavy (non-hydrogen) atoms. The van der Waals surface area contributed by atoms with Gasteiger partial charge in [0.25, 0.3) is 0 Å². The molecule has 1 saturated heterocycles. The molecule has 0 aliphatic carbocycles. The first-order valence-electron chi connectivity index (χ1n) is 5.58. The van der Waals surface area contributed by atoms with Gasteiger partial charge in [0.05, 0.1) is 11.7 Å². The highest BCUT2D eigenvalue weighted by Gasteiger charge is 2.35. The number of hydrogen-bond donors (Lipinski definition) is 3. The number of urea groups is 1. The molecule has 0 saturated carbocycles. The van der Waals surface area contributed by atoms with Crippen LogP contribution in [0.25, 0.3) is 0 Å². The topological polar surface area (TPSA) is 116 Å². The van der Waals surface area contributed by atoms with Crippen molar-refractivity contribution in [3.63, 3.8) is 0 Å². The predicted molar refractivity (Wildman–Crippen MR) is 63.6 cm³/mol. The monoisotopic (exact) mass is 279 g/mol. The molecule has 0 unspecified atom stereocenters. The van der Waals surface area contributed by atoms with Crippen LogP contribution in [0.3, 0.4) is 0 Å². The van der Waals surface area contributed by atoms with E-state index in [0.717, 1.165) is 0 Å². The summed E-state index contributed by atoms with van der Waals surface area (Å²) in [5.41, 5.74) is 0. The molecule has 0 atom stereocenters. The molecular weight excluding hydrogens is 262 g/mol. The third-order valence-corrected chi connectivity index (χ3v) is 4.00. The fourth-order valence-corrected chi connectivity index (χ4v) is 2.45. The number of carbonyl (C=O) groups is 2. The maximum absolute atomic E-state index is 11.4. The van der Waals surface area contributed by atoms with E-state index < -0.39 is 27.9 Å². The molecular formula is C9H17N3O5S. The Labute approximate surface area is 105 Å². The van der Waals surface area contributed by atoms with Crippen molar-refractivity contribution in [1.82, 2.24) is 14.9 Å². The third kappa shape index (κ3) is 4.15. The quantitative estimate of drug-likeness (QED) is 0.556. The second-order valence-corrected chi connectivity index (χ2v) is 5.92. The van der Waals surface area contributed by atoms with E-state index in [1.54, 1.807) is 6.92 Å². The zero-order valence-corrected chi connectivity index (χ0v) is 10.9. The molecule has 1 heterocycles. The van der Waals surface area contributed by atoms with Crippen LogP contribution in [0.5, 0.6) is 0 Å². The molecule has 8 nitrogen and oxygen atoms in total. The van der Waals surface area contributed by atoms with Gasteiger partial charge in [-0.15, -0.1) is 0 Å². The summed E-state index contributed by atoms with van der Waals surface area (Å²) >= 11 is 0. The van der Waals surface area contributed by atoms with Gasteiger partial charge in [-0.05, 0) is 0 Å². The Morgan fingerprint density at radius 1 is 1.39 bits per heavy atom. The van der Waals surface area contributed by atoms with E-state index in [1.807, 2.05) is 0 Å². The highest BCUT2D eigenvalue weighted by Crippen LogP contribution is 2.14. The molecule has 1 rings (SSSR count). The maximum atomic E-state index is 11.4. The Bertz CT molecular complexity index is 416. The van der Waals surface area contributed by atoms with E-state index >= 15 is 0 Å². The summed E-state index contributed by atoms with van der Waals surface area (Å²) in [6.07, 6.45) is 0. The van der Waals surface area contributed by atoms with Gasteiger partial charge in [0, 0.05) is 26.2 Å². The number of rotatable bonds is 6. The summed E-state index contributed by atoms with van der Waals surface area (Å²) < 4.78 is 24.8. The Hall–Kier alpha value is -1.35. The van der Waals surface area contributed by atoms with E-state index in [0.29, 0.717) is 6.54 Å². The van der Waals surface area contributed by atoms with Gasteiger partial charge in [-0.2, -0.15) is 0 Å². The Morgan fingerprint density at radius 2 is 2.00 bits per heavy atom. The van der Waals surface area contributed by atoms with Crippen LogP contribution in [-0.4, -0.2) is 62.4 Å². The van der Waals surface area contributed by atoms with Gasteiger partial charge >= 0.3 is 12.0 Å². The van der Waals surface area contributed by atoms with Crippen LogP contribution in [0.1, 0.15) is 6.92 Å². The second kappa shape index (κ2) is 6.01. The standard InChI is InChI=1S/C9H17N3O5S/c1-2-11-18(16,17)4-3-10-9(15)12-5-7(6-12)8(13)14/h7,11H,2-6H2,1H3,(H,10,15)(H,13,14). The highest BCUT2D eigenvalue weighted by atomic mass is 32.2. The number of likely N-dealkylation sites (tertiary alicyclic amines) is 1. The van der Waals surface area contributed by atoms with Gasteiger partial charge in [-0.3, -0.25) is 4.79 Å². The van der Waals surface area contributed by atoms with Crippen LogP contribution < -0.4 is 10.0 Å². The minimum absolute atomic E-state index is 0.00239. The van der Waals surface area contributed by atoms with Gasteiger partial charge in [-0.1, -0.05) is 6.92 Å². The number of amides is 2. The molecule has 0 aromatic heterocycles. The lowest BCUT2D eigenvalue weighted by atomic mass is 10.0. The summed E-state index contributed by atoms with van der Waals surface area (Å²) in [4.78, 5) is 23.3. The molecule has 0 aromatic carbocycles. The van der Waals surface area contributed by atoms with E-state index in [4.69, 9.17) is 5.11 Å². The molecule has 9 heteroatoms. The highest BCUT2D eigenvalue weighted by molar-refractivity contribution is 7.89. The first kappa shape index (κ1) is 14.7. The lowest BCUT2D eigenvalue weighted by Gasteiger charge is -2.36. The normalized spacial score (nSPS) is 16.2. The molecule has 0 radical (unpaired) electrons. The van der Waals surface area contributed by atoms with E-state index in [-0.39, 0.29) is 25.4 Å². The zero-order valence-electron chi connectivity index (χ0n) is 10.0. The van der Waals surface area contributed by atoms with Gasteiger partial charge in [0.2, 0.25) is 10.0 Å². The number of nitrogens with zero attached hydrogens (tertiary/aromatic N) is 1. The summed E-state index contributed by atoms with van der Waals surface area (Å²) in [5.74, 6) is -1.63. The number of carboxylic acid groups (broad SMARTS) is 1. The average molecular weight is 279 g/mol. The van der Waals surface area contributed by atoms with Crippen molar-refractivity contribution < 1.29 is 23.1 Å². The van der Waals surface area contributed by atoms with Crippen LogP contribution in [0.4, 0.5) is 4.79 Å². The summed E-state index contributed by atoms with van der Waals surface area (Å²) in [6.45, 7) is 2.32. The Balaban J connectivity index is 2.21. The summed E-state index contributed by atoms with van der Waals surface area (Å²) in [6, 6.07) is -0.431. The maximum Gasteiger partial charge on any atom is 0.317 e. The summed E-state index contributed by atoms with van der Waals surface area (Å²) in [7, 11) is -3.34. The number of hydrogen-bond acceptors (Lipinski definition) is 4. The van der Waals surface area contributed by atoms with Crippen molar-refractivity contribution in [2.24, 2.45) is 5.92 Å². The molecule has 0 spiro atoms.